The number of ether oxygens (including phenoxy) is 1. The van der Waals surface area contributed by atoms with E-state index in [1.165, 1.54) is 7.11 Å². The molecule has 0 saturated carbocycles. The molecule has 9 heteroatoms. The van der Waals surface area contributed by atoms with Gasteiger partial charge in [0.2, 0.25) is 15.7 Å². The van der Waals surface area contributed by atoms with Gasteiger partial charge in [0.15, 0.2) is 0 Å². The van der Waals surface area contributed by atoms with Crippen LogP contribution in [0.25, 0.3) is 0 Å². The summed E-state index contributed by atoms with van der Waals surface area (Å²) in [6.45, 7) is 0.366. The molecule has 1 heterocycles. The topological polar surface area (TPSA) is 111 Å². The molecule has 0 fully saturated rings. The van der Waals surface area contributed by atoms with Crippen molar-refractivity contribution < 1.29 is 22.4 Å². The number of nitrogens with zero attached hydrogens (tertiary/aromatic N) is 2. The molecule has 2 aromatic carbocycles. The van der Waals surface area contributed by atoms with Gasteiger partial charge in [-0.2, -0.15) is 0 Å². The van der Waals surface area contributed by atoms with Crippen LogP contribution in [0.4, 0.5) is 0 Å². The summed E-state index contributed by atoms with van der Waals surface area (Å²) in [6.07, 6.45) is 0.862. The highest BCUT2D eigenvalue weighted by Crippen LogP contribution is 2.17. The van der Waals surface area contributed by atoms with E-state index in [1.54, 1.807) is 48.5 Å². The van der Waals surface area contributed by atoms with E-state index < -0.39 is 15.1 Å². The monoisotopic (exact) mass is 415 g/mol. The third-order valence-corrected chi connectivity index (χ3v) is 5.53. The lowest BCUT2D eigenvalue weighted by atomic mass is 10.2. The van der Waals surface area contributed by atoms with Crippen molar-refractivity contribution in [2.45, 2.75) is 23.8 Å². The average molecular weight is 415 g/mol. The predicted molar refractivity (Wildman–Crippen MR) is 105 cm³/mol. The van der Waals surface area contributed by atoms with Crippen molar-refractivity contribution in [2.75, 3.05) is 13.7 Å². The average Bonchev–Trinajstić information content (AvgIpc) is 3.21. The van der Waals surface area contributed by atoms with E-state index >= 15 is 0 Å². The van der Waals surface area contributed by atoms with Crippen molar-refractivity contribution in [1.29, 1.82) is 0 Å². The van der Waals surface area contributed by atoms with E-state index in [2.05, 4.69) is 15.5 Å². The molecule has 3 rings (SSSR count). The summed E-state index contributed by atoms with van der Waals surface area (Å²) < 4.78 is 35.2. The van der Waals surface area contributed by atoms with Crippen molar-refractivity contribution in [3.63, 3.8) is 0 Å². The van der Waals surface area contributed by atoms with E-state index in [1.807, 2.05) is 6.07 Å². The summed E-state index contributed by atoms with van der Waals surface area (Å²) in [7, 11) is -2.20. The van der Waals surface area contributed by atoms with Crippen LogP contribution in [0.2, 0.25) is 0 Å². The molecular formula is C20H21N3O5S. The Bertz CT molecular complexity index is 1060. The van der Waals surface area contributed by atoms with Crippen LogP contribution in [0.5, 0.6) is 5.75 Å². The Hall–Kier alpha value is -3.20. The minimum absolute atomic E-state index is 0.204. The van der Waals surface area contributed by atoms with Gasteiger partial charge in [-0.1, -0.05) is 47.6 Å². The van der Waals surface area contributed by atoms with Crippen LogP contribution in [0.15, 0.2) is 64.2 Å². The smallest absolute Gasteiger partial charge is 0.335 e. The first-order valence-electron chi connectivity index (χ1n) is 9.00. The Balaban J connectivity index is 1.51. The summed E-state index contributed by atoms with van der Waals surface area (Å²) in [5.41, 5.74) is 1.09. The molecule has 0 atom stereocenters. The highest BCUT2D eigenvalue weighted by molar-refractivity contribution is 7.90. The number of sulfone groups is 1. The molecule has 0 unspecified atom stereocenters. The maximum Gasteiger partial charge on any atom is 0.335 e. The molecule has 0 aliphatic carbocycles. The fraction of sp³-hybridized carbons (Fsp3) is 0.250. The number of amides is 1. The molecule has 1 amide bonds. The highest BCUT2D eigenvalue weighted by atomic mass is 32.2. The van der Waals surface area contributed by atoms with Crippen molar-refractivity contribution >= 4 is 15.7 Å². The largest absolute Gasteiger partial charge is 0.496 e. The van der Waals surface area contributed by atoms with Gasteiger partial charge in [0.1, 0.15) is 5.75 Å². The number of hydrogen-bond donors (Lipinski definition) is 1. The third kappa shape index (κ3) is 5.41. The van der Waals surface area contributed by atoms with E-state index in [0.717, 1.165) is 0 Å². The first-order valence-corrected chi connectivity index (χ1v) is 10.6. The number of aryl methyl sites for hydroxylation is 1. The summed E-state index contributed by atoms with van der Waals surface area (Å²) in [5.74, 6) is 0.252. The molecule has 3 aromatic rings. The molecule has 29 heavy (non-hydrogen) atoms. The molecule has 0 aliphatic heterocycles. The highest BCUT2D eigenvalue weighted by Gasteiger charge is 2.23. The lowest BCUT2D eigenvalue weighted by Gasteiger charge is -2.08. The summed E-state index contributed by atoms with van der Waals surface area (Å²) in [6, 6.07) is 15.7. The number of methoxy groups -OCH3 is 1. The number of aromatic nitrogens is 2. The number of hydrogen-bond acceptors (Lipinski definition) is 7. The molecule has 0 spiro atoms. The first kappa shape index (κ1) is 20.5. The lowest BCUT2D eigenvalue weighted by Crippen LogP contribution is -2.25. The minimum atomic E-state index is -3.70. The molecule has 8 nitrogen and oxygen atoms in total. The van der Waals surface area contributed by atoms with Crippen molar-refractivity contribution in [2.24, 2.45) is 0 Å². The van der Waals surface area contributed by atoms with Crippen LogP contribution in [0.3, 0.4) is 0 Å². The van der Waals surface area contributed by atoms with Crippen molar-refractivity contribution in [1.82, 2.24) is 15.5 Å². The fourth-order valence-electron chi connectivity index (χ4n) is 2.69. The maximum atomic E-state index is 12.4. The van der Waals surface area contributed by atoms with Crippen LogP contribution in [0, 0.1) is 0 Å². The van der Waals surface area contributed by atoms with Gasteiger partial charge in [-0.05, 0) is 24.1 Å². The van der Waals surface area contributed by atoms with Crippen LogP contribution in [-0.4, -0.2) is 38.2 Å². The molecule has 0 saturated heterocycles. The fourth-order valence-corrected chi connectivity index (χ4v) is 3.83. The van der Waals surface area contributed by atoms with Crippen LogP contribution in [-0.2, 0) is 22.0 Å². The second-order valence-electron chi connectivity index (χ2n) is 6.27. The van der Waals surface area contributed by atoms with E-state index in [0.29, 0.717) is 36.3 Å². The Kier molecular flexibility index (Phi) is 6.61. The molecule has 0 bridgehead atoms. The van der Waals surface area contributed by atoms with Gasteiger partial charge in [0.05, 0.1) is 18.4 Å². The van der Waals surface area contributed by atoms with E-state index in [-0.39, 0.29) is 17.6 Å². The van der Waals surface area contributed by atoms with E-state index in [4.69, 9.17) is 9.15 Å². The normalized spacial score (nSPS) is 11.2. The first-order chi connectivity index (χ1) is 14.0. The minimum Gasteiger partial charge on any atom is -0.496 e. The lowest BCUT2D eigenvalue weighted by molar-refractivity contribution is 0.0950. The molecular weight excluding hydrogens is 394 g/mol. The molecule has 0 radical (unpaired) electrons. The Morgan fingerprint density at radius 2 is 1.79 bits per heavy atom. The van der Waals surface area contributed by atoms with Gasteiger partial charge >= 0.3 is 5.22 Å². The summed E-state index contributed by atoms with van der Waals surface area (Å²) in [4.78, 5) is 12.2. The predicted octanol–water partition coefficient (Wildman–Crippen LogP) is 2.41. The second-order valence-corrected chi connectivity index (χ2v) is 8.13. The molecule has 1 N–H and O–H groups in total. The van der Waals surface area contributed by atoms with Crippen LogP contribution in [0.1, 0.15) is 28.2 Å². The quantitative estimate of drug-likeness (QED) is 0.534. The number of benzene rings is 2. The zero-order chi connectivity index (χ0) is 20.7. The number of nitrogens with one attached hydrogen (secondary N) is 1. The zero-order valence-corrected chi connectivity index (χ0v) is 16.7. The van der Waals surface area contributed by atoms with Crippen LogP contribution < -0.4 is 10.1 Å². The zero-order valence-electron chi connectivity index (χ0n) is 15.9. The third-order valence-electron chi connectivity index (χ3n) is 4.12. The summed E-state index contributed by atoms with van der Waals surface area (Å²) in [5, 5.41) is 9.85. The van der Waals surface area contributed by atoms with Gasteiger partial charge in [0, 0.05) is 13.0 Å². The maximum absolute atomic E-state index is 12.4. The number of para-hydroxylation sites is 1. The Morgan fingerprint density at radius 1 is 1.07 bits per heavy atom. The van der Waals surface area contributed by atoms with Crippen LogP contribution >= 0.6 is 0 Å². The Labute approximate surface area is 168 Å². The van der Waals surface area contributed by atoms with Gasteiger partial charge in [-0.15, -0.1) is 5.10 Å². The van der Waals surface area contributed by atoms with Gasteiger partial charge in [0.25, 0.3) is 5.91 Å². The summed E-state index contributed by atoms with van der Waals surface area (Å²) >= 11 is 0. The molecule has 152 valence electrons. The van der Waals surface area contributed by atoms with Gasteiger partial charge < -0.3 is 14.5 Å². The van der Waals surface area contributed by atoms with Gasteiger partial charge in [-0.3, -0.25) is 4.79 Å². The number of rotatable bonds is 9. The SMILES string of the molecule is COc1ccccc1C(=O)NCCCc1nnc(S(=O)(=O)Cc2ccccc2)o1. The molecule has 0 aliphatic rings. The standard InChI is InChI=1S/C20H21N3O5S/c1-27-17-11-6-5-10-16(17)19(24)21-13-7-12-18-22-23-20(28-18)29(25,26)14-15-8-3-2-4-9-15/h2-6,8-11H,7,12-14H2,1H3,(H,21,24). The number of carbonyl (C=O) groups is 1. The van der Waals surface area contributed by atoms with Crippen molar-refractivity contribution in [3.05, 3.63) is 71.6 Å². The second kappa shape index (κ2) is 9.33. The van der Waals surface area contributed by atoms with E-state index in [9.17, 15) is 13.2 Å². The Morgan fingerprint density at radius 3 is 2.55 bits per heavy atom. The molecule has 1 aromatic heterocycles. The number of carbonyl (C=O) groups excluding carboxylic acids is 1. The van der Waals surface area contributed by atoms with Crippen molar-refractivity contribution in [3.8, 4) is 5.75 Å². The van der Waals surface area contributed by atoms with Gasteiger partial charge in [-0.25, -0.2) is 8.42 Å².